The molecule has 0 unspecified atom stereocenters. The van der Waals surface area contributed by atoms with Gasteiger partial charge in [0.1, 0.15) is 16.8 Å². The molecule has 0 aliphatic carbocycles. The van der Waals surface area contributed by atoms with E-state index in [0.717, 1.165) is 4.47 Å². The van der Waals surface area contributed by atoms with Crippen molar-refractivity contribution in [2.24, 2.45) is 0 Å². The third-order valence-corrected chi connectivity index (χ3v) is 3.74. The predicted molar refractivity (Wildman–Crippen MR) is 77.7 cm³/mol. The van der Waals surface area contributed by atoms with E-state index >= 15 is 0 Å². The molecule has 96 valence electrons. The third kappa shape index (κ3) is 2.95. The lowest BCUT2D eigenvalue weighted by atomic mass is 10.2. The molecule has 0 saturated carbocycles. The highest BCUT2D eigenvalue weighted by molar-refractivity contribution is 9.10. The number of nitriles is 1. The minimum absolute atomic E-state index is 0.303. The molecule has 2 aromatic rings. The number of methoxy groups -OCH3 is 1. The van der Waals surface area contributed by atoms with Crippen molar-refractivity contribution >= 4 is 38.2 Å². The average molecular weight is 337 g/mol. The number of ether oxygens (including phenoxy) is 1. The SMILES string of the molecule is COc1cc(Br)ccc1C(=O)Nc1sccc1C#N. The van der Waals surface area contributed by atoms with Crippen molar-refractivity contribution in [1.29, 1.82) is 5.26 Å². The summed E-state index contributed by atoms with van der Waals surface area (Å²) >= 11 is 4.63. The van der Waals surface area contributed by atoms with E-state index in [1.807, 2.05) is 6.07 Å². The molecule has 1 aromatic carbocycles. The molecule has 0 aliphatic rings. The van der Waals surface area contributed by atoms with E-state index in [9.17, 15) is 4.79 Å². The summed E-state index contributed by atoms with van der Waals surface area (Å²) in [7, 11) is 1.50. The molecule has 1 heterocycles. The van der Waals surface area contributed by atoms with Crippen LogP contribution >= 0.6 is 27.3 Å². The Morgan fingerprint density at radius 1 is 1.47 bits per heavy atom. The second kappa shape index (κ2) is 5.87. The Labute approximate surface area is 122 Å². The summed E-state index contributed by atoms with van der Waals surface area (Å²) in [5.41, 5.74) is 0.873. The van der Waals surface area contributed by atoms with Crippen molar-refractivity contribution in [2.75, 3.05) is 12.4 Å². The molecule has 0 spiro atoms. The first-order valence-corrected chi connectivity index (χ1v) is 6.95. The van der Waals surface area contributed by atoms with Gasteiger partial charge in [0.25, 0.3) is 5.91 Å². The van der Waals surface area contributed by atoms with Crippen LogP contribution in [-0.4, -0.2) is 13.0 Å². The standard InChI is InChI=1S/C13H9BrN2O2S/c1-18-11-6-9(14)2-3-10(11)12(17)16-13-8(7-15)4-5-19-13/h2-6H,1H3,(H,16,17). The summed E-state index contributed by atoms with van der Waals surface area (Å²) in [5, 5.41) is 13.9. The molecule has 0 saturated heterocycles. The normalized spacial score (nSPS) is 9.74. The van der Waals surface area contributed by atoms with Gasteiger partial charge in [-0.05, 0) is 29.6 Å². The second-order valence-corrected chi connectivity index (χ2v) is 5.41. The van der Waals surface area contributed by atoms with E-state index in [2.05, 4.69) is 21.2 Å². The van der Waals surface area contributed by atoms with Crippen molar-refractivity contribution in [1.82, 2.24) is 0 Å². The number of carbonyl (C=O) groups is 1. The zero-order valence-corrected chi connectivity index (χ0v) is 12.3. The molecule has 0 radical (unpaired) electrons. The summed E-state index contributed by atoms with van der Waals surface area (Å²) in [4.78, 5) is 12.2. The highest BCUT2D eigenvalue weighted by Gasteiger charge is 2.15. The molecule has 2 rings (SSSR count). The Kier molecular flexibility index (Phi) is 4.20. The molecule has 1 N–H and O–H groups in total. The van der Waals surface area contributed by atoms with Gasteiger partial charge in [0, 0.05) is 4.47 Å². The van der Waals surface area contributed by atoms with E-state index in [1.165, 1.54) is 18.4 Å². The zero-order valence-electron chi connectivity index (χ0n) is 9.94. The first-order valence-electron chi connectivity index (χ1n) is 5.28. The van der Waals surface area contributed by atoms with Crippen molar-refractivity contribution in [3.63, 3.8) is 0 Å². The third-order valence-electron chi connectivity index (χ3n) is 2.42. The molecule has 6 heteroatoms. The lowest BCUT2D eigenvalue weighted by Crippen LogP contribution is -2.13. The molecule has 0 bridgehead atoms. The fourth-order valence-electron chi connectivity index (χ4n) is 1.52. The van der Waals surface area contributed by atoms with Gasteiger partial charge >= 0.3 is 0 Å². The number of thiophene rings is 1. The summed E-state index contributed by atoms with van der Waals surface area (Å²) in [5.74, 6) is 0.172. The topological polar surface area (TPSA) is 62.1 Å². The van der Waals surface area contributed by atoms with Gasteiger partial charge < -0.3 is 10.1 Å². The molecule has 0 atom stereocenters. The van der Waals surface area contributed by atoms with Gasteiger partial charge in [-0.25, -0.2) is 0 Å². The van der Waals surface area contributed by atoms with E-state index in [0.29, 0.717) is 21.9 Å². The number of nitrogens with zero attached hydrogens (tertiary/aromatic N) is 1. The van der Waals surface area contributed by atoms with Crippen LogP contribution in [0.1, 0.15) is 15.9 Å². The number of benzene rings is 1. The highest BCUT2D eigenvalue weighted by Crippen LogP contribution is 2.27. The van der Waals surface area contributed by atoms with Gasteiger partial charge in [-0.1, -0.05) is 15.9 Å². The minimum Gasteiger partial charge on any atom is -0.496 e. The maximum atomic E-state index is 12.2. The van der Waals surface area contributed by atoms with Crippen LogP contribution in [0.15, 0.2) is 34.1 Å². The van der Waals surface area contributed by atoms with E-state index in [-0.39, 0.29) is 5.91 Å². The Balaban J connectivity index is 2.28. The summed E-state index contributed by atoms with van der Waals surface area (Å²) in [6, 6.07) is 8.84. The monoisotopic (exact) mass is 336 g/mol. The first kappa shape index (κ1) is 13.6. The Morgan fingerprint density at radius 3 is 2.95 bits per heavy atom. The molecular weight excluding hydrogens is 328 g/mol. The predicted octanol–water partition coefficient (Wildman–Crippen LogP) is 3.64. The quantitative estimate of drug-likeness (QED) is 0.930. The summed E-state index contributed by atoms with van der Waals surface area (Å²) in [6.45, 7) is 0. The number of anilines is 1. The zero-order chi connectivity index (χ0) is 13.8. The van der Waals surface area contributed by atoms with Crippen LogP contribution in [0.5, 0.6) is 5.75 Å². The van der Waals surface area contributed by atoms with E-state index < -0.39 is 0 Å². The van der Waals surface area contributed by atoms with Gasteiger partial charge in [0.05, 0.1) is 18.2 Å². The largest absolute Gasteiger partial charge is 0.496 e. The van der Waals surface area contributed by atoms with Crippen LogP contribution in [0.25, 0.3) is 0 Å². The number of nitrogens with one attached hydrogen (secondary N) is 1. The van der Waals surface area contributed by atoms with Gasteiger partial charge in [-0.3, -0.25) is 4.79 Å². The lowest BCUT2D eigenvalue weighted by molar-refractivity contribution is 0.102. The Bertz CT molecular complexity index is 661. The molecule has 1 amide bonds. The Morgan fingerprint density at radius 2 is 2.26 bits per heavy atom. The van der Waals surface area contributed by atoms with Crippen LogP contribution in [0, 0.1) is 11.3 Å². The number of halogens is 1. The van der Waals surface area contributed by atoms with Crippen LogP contribution < -0.4 is 10.1 Å². The lowest BCUT2D eigenvalue weighted by Gasteiger charge is -2.08. The molecule has 0 aliphatic heterocycles. The van der Waals surface area contributed by atoms with Gasteiger partial charge in [-0.2, -0.15) is 5.26 Å². The van der Waals surface area contributed by atoms with Crippen LogP contribution in [0.4, 0.5) is 5.00 Å². The van der Waals surface area contributed by atoms with E-state index in [4.69, 9.17) is 10.00 Å². The fourth-order valence-corrected chi connectivity index (χ4v) is 2.59. The molecular formula is C13H9BrN2O2S. The van der Waals surface area contributed by atoms with Crippen LogP contribution in [0.2, 0.25) is 0 Å². The van der Waals surface area contributed by atoms with Crippen molar-refractivity contribution < 1.29 is 9.53 Å². The number of carbonyl (C=O) groups excluding carboxylic acids is 1. The average Bonchev–Trinajstić information content (AvgIpc) is 2.85. The van der Waals surface area contributed by atoms with Gasteiger partial charge in [0.15, 0.2) is 0 Å². The molecule has 4 nitrogen and oxygen atoms in total. The fraction of sp³-hybridized carbons (Fsp3) is 0.0769. The number of hydrogen-bond acceptors (Lipinski definition) is 4. The van der Waals surface area contributed by atoms with Crippen molar-refractivity contribution in [2.45, 2.75) is 0 Å². The van der Waals surface area contributed by atoms with Crippen LogP contribution in [0.3, 0.4) is 0 Å². The minimum atomic E-state index is -0.303. The molecule has 19 heavy (non-hydrogen) atoms. The number of amides is 1. The van der Waals surface area contributed by atoms with Gasteiger partial charge in [-0.15, -0.1) is 11.3 Å². The second-order valence-electron chi connectivity index (χ2n) is 3.57. The number of hydrogen-bond donors (Lipinski definition) is 1. The maximum absolute atomic E-state index is 12.2. The summed E-state index contributed by atoms with van der Waals surface area (Å²) < 4.78 is 6.00. The first-order chi connectivity index (χ1) is 9.15. The maximum Gasteiger partial charge on any atom is 0.260 e. The highest BCUT2D eigenvalue weighted by atomic mass is 79.9. The smallest absolute Gasteiger partial charge is 0.260 e. The van der Waals surface area contributed by atoms with Crippen molar-refractivity contribution in [3.8, 4) is 11.8 Å². The Hall–Kier alpha value is -1.84. The number of rotatable bonds is 3. The van der Waals surface area contributed by atoms with Gasteiger partial charge in [0.2, 0.25) is 0 Å². The van der Waals surface area contributed by atoms with Crippen molar-refractivity contribution in [3.05, 3.63) is 45.2 Å². The molecule has 1 aromatic heterocycles. The summed E-state index contributed by atoms with van der Waals surface area (Å²) in [6.07, 6.45) is 0. The van der Waals surface area contributed by atoms with Crippen LogP contribution in [-0.2, 0) is 0 Å². The molecule has 0 fully saturated rings. The van der Waals surface area contributed by atoms with E-state index in [1.54, 1.807) is 29.6 Å².